The van der Waals surface area contributed by atoms with Crippen LogP contribution in [-0.2, 0) is 4.79 Å². The van der Waals surface area contributed by atoms with Crippen LogP contribution in [0.5, 0.6) is 11.5 Å². The van der Waals surface area contributed by atoms with E-state index in [1.54, 1.807) is 26.4 Å². The van der Waals surface area contributed by atoms with Crippen LogP contribution < -0.4 is 20.6 Å². The topological polar surface area (TPSA) is 122 Å². The molecule has 0 unspecified atom stereocenters. The zero-order valence-corrected chi connectivity index (χ0v) is 20.1. The van der Waals surface area contributed by atoms with Gasteiger partial charge in [-0.15, -0.1) is 10.2 Å². The lowest BCUT2D eigenvalue weighted by atomic mass is 10.2. The minimum absolute atomic E-state index is 0.108. The molecular formula is C23H25N7O3S. The number of carbonyl (C=O) groups is 1. The van der Waals surface area contributed by atoms with E-state index >= 15 is 0 Å². The largest absolute Gasteiger partial charge is 0.493 e. The van der Waals surface area contributed by atoms with Crippen molar-refractivity contribution >= 4 is 23.4 Å². The van der Waals surface area contributed by atoms with Crippen LogP contribution in [-0.4, -0.2) is 50.5 Å². The number of methoxy groups -OCH3 is 2. The number of rotatable bonds is 8. The number of para-hydroxylation sites is 1. The molecule has 176 valence electrons. The molecule has 2 aromatic carbocycles. The predicted octanol–water partition coefficient (Wildman–Crippen LogP) is 3.21. The maximum atomic E-state index is 12.7. The molecule has 0 saturated carbocycles. The highest BCUT2D eigenvalue weighted by Gasteiger charge is 2.18. The van der Waals surface area contributed by atoms with Gasteiger partial charge in [-0.3, -0.25) is 4.79 Å². The van der Waals surface area contributed by atoms with Gasteiger partial charge in [0.05, 0.1) is 42.7 Å². The van der Waals surface area contributed by atoms with Gasteiger partial charge in [0.15, 0.2) is 17.3 Å². The number of benzene rings is 2. The van der Waals surface area contributed by atoms with E-state index in [0.29, 0.717) is 33.7 Å². The van der Waals surface area contributed by atoms with E-state index in [2.05, 4.69) is 20.6 Å². The van der Waals surface area contributed by atoms with Crippen molar-refractivity contribution in [2.24, 2.45) is 0 Å². The highest BCUT2D eigenvalue weighted by atomic mass is 32.2. The monoisotopic (exact) mass is 479 g/mol. The Morgan fingerprint density at radius 2 is 1.79 bits per heavy atom. The van der Waals surface area contributed by atoms with Gasteiger partial charge in [-0.25, -0.2) is 9.36 Å². The molecule has 0 saturated heterocycles. The number of nitrogens with one attached hydrogen (secondary N) is 1. The van der Waals surface area contributed by atoms with E-state index in [0.717, 1.165) is 17.1 Å². The first-order valence-corrected chi connectivity index (χ1v) is 11.4. The van der Waals surface area contributed by atoms with Crippen molar-refractivity contribution in [1.29, 1.82) is 0 Å². The van der Waals surface area contributed by atoms with Gasteiger partial charge in [0.1, 0.15) is 0 Å². The van der Waals surface area contributed by atoms with Gasteiger partial charge in [0.2, 0.25) is 11.1 Å². The number of nitrogens with two attached hydrogens (primary N) is 1. The fourth-order valence-electron chi connectivity index (χ4n) is 3.50. The molecule has 0 radical (unpaired) electrons. The Morgan fingerprint density at radius 1 is 1.06 bits per heavy atom. The summed E-state index contributed by atoms with van der Waals surface area (Å²) in [5, 5.41) is 16.2. The molecule has 3 N–H and O–H groups in total. The maximum Gasteiger partial charge on any atom is 0.234 e. The molecule has 0 spiro atoms. The lowest BCUT2D eigenvalue weighted by molar-refractivity contribution is -0.113. The quantitative estimate of drug-likeness (QED) is 0.292. The molecule has 0 aliphatic carbocycles. The minimum Gasteiger partial charge on any atom is -0.493 e. The number of hydrogen-bond acceptors (Lipinski definition) is 8. The van der Waals surface area contributed by atoms with Gasteiger partial charge in [-0.2, -0.15) is 5.10 Å². The average molecular weight is 480 g/mol. The molecule has 0 bridgehead atoms. The van der Waals surface area contributed by atoms with E-state index < -0.39 is 0 Å². The summed E-state index contributed by atoms with van der Waals surface area (Å²) in [5.74, 6) is 7.72. The molecule has 0 aliphatic heterocycles. The van der Waals surface area contributed by atoms with Crippen molar-refractivity contribution in [3.63, 3.8) is 0 Å². The Kier molecular flexibility index (Phi) is 6.73. The number of aryl methyl sites for hydroxylation is 1. The fraction of sp³-hybridized carbons (Fsp3) is 0.217. The number of anilines is 1. The van der Waals surface area contributed by atoms with Crippen molar-refractivity contribution in [3.05, 3.63) is 59.9 Å². The number of carbonyl (C=O) groups excluding carboxylic acids is 1. The first-order chi connectivity index (χ1) is 16.4. The number of aromatic nitrogens is 5. The van der Waals surface area contributed by atoms with Crippen LogP contribution in [0.25, 0.3) is 17.1 Å². The van der Waals surface area contributed by atoms with Crippen molar-refractivity contribution < 1.29 is 14.3 Å². The summed E-state index contributed by atoms with van der Waals surface area (Å²) in [6.45, 7) is 3.78. The predicted molar refractivity (Wildman–Crippen MR) is 131 cm³/mol. The minimum atomic E-state index is -0.195. The lowest BCUT2D eigenvalue weighted by Gasteiger charge is -2.09. The SMILES string of the molecule is COc1ccc(-c2nnc(SCC(=O)Nc3c(C)nn(-c4ccccc4)c3C)n2N)cc1OC. The van der Waals surface area contributed by atoms with Crippen LogP contribution in [0.15, 0.2) is 53.7 Å². The Labute approximate surface area is 201 Å². The molecule has 1 amide bonds. The van der Waals surface area contributed by atoms with Crippen molar-refractivity contribution in [2.45, 2.75) is 19.0 Å². The molecule has 0 atom stereocenters. The second-order valence-electron chi connectivity index (χ2n) is 7.38. The van der Waals surface area contributed by atoms with Crippen molar-refractivity contribution in [3.8, 4) is 28.6 Å². The third kappa shape index (κ3) is 4.55. The number of nitrogens with zero attached hydrogens (tertiary/aromatic N) is 5. The van der Waals surface area contributed by atoms with Crippen molar-refractivity contribution in [2.75, 3.05) is 31.1 Å². The average Bonchev–Trinajstić information content (AvgIpc) is 3.36. The van der Waals surface area contributed by atoms with E-state index in [-0.39, 0.29) is 11.7 Å². The second kappa shape index (κ2) is 9.87. The molecule has 10 nitrogen and oxygen atoms in total. The van der Waals surface area contributed by atoms with Crippen LogP contribution in [0.3, 0.4) is 0 Å². The summed E-state index contributed by atoms with van der Waals surface area (Å²) in [6.07, 6.45) is 0. The van der Waals surface area contributed by atoms with Crippen LogP contribution in [0.2, 0.25) is 0 Å². The van der Waals surface area contributed by atoms with Crippen molar-refractivity contribution in [1.82, 2.24) is 24.7 Å². The Balaban J connectivity index is 1.45. The molecule has 2 aromatic heterocycles. The van der Waals surface area contributed by atoms with Crippen LogP contribution in [0.1, 0.15) is 11.4 Å². The zero-order chi connectivity index (χ0) is 24.2. The first-order valence-electron chi connectivity index (χ1n) is 10.4. The number of amides is 1. The molecule has 34 heavy (non-hydrogen) atoms. The summed E-state index contributed by atoms with van der Waals surface area (Å²) in [5.41, 5.74) is 3.91. The zero-order valence-electron chi connectivity index (χ0n) is 19.3. The summed E-state index contributed by atoms with van der Waals surface area (Å²) in [6, 6.07) is 15.1. The third-order valence-corrected chi connectivity index (χ3v) is 6.14. The van der Waals surface area contributed by atoms with Gasteiger partial charge in [-0.05, 0) is 44.2 Å². The summed E-state index contributed by atoms with van der Waals surface area (Å²) >= 11 is 1.19. The van der Waals surface area contributed by atoms with Crippen LogP contribution >= 0.6 is 11.8 Å². The van der Waals surface area contributed by atoms with Gasteiger partial charge >= 0.3 is 0 Å². The standard InChI is InChI=1S/C23H25N7O3S/c1-14-21(15(2)30(28-14)17-8-6-5-7-9-17)25-20(31)13-34-23-27-26-22(29(23)24)16-10-11-18(32-3)19(12-16)33-4/h5-12H,13,24H2,1-4H3,(H,25,31). The number of hydrogen-bond donors (Lipinski definition) is 2. The van der Waals surface area contributed by atoms with Crippen LogP contribution in [0, 0.1) is 13.8 Å². The summed E-state index contributed by atoms with van der Waals surface area (Å²) in [4.78, 5) is 12.7. The third-order valence-electron chi connectivity index (χ3n) is 5.20. The molecule has 11 heteroatoms. The smallest absolute Gasteiger partial charge is 0.234 e. The van der Waals surface area contributed by atoms with Crippen LogP contribution in [0.4, 0.5) is 5.69 Å². The highest BCUT2D eigenvalue weighted by Crippen LogP contribution is 2.32. The van der Waals surface area contributed by atoms with E-state index in [1.165, 1.54) is 16.4 Å². The fourth-order valence-corrected chi connectivity index (χ4v) is 4.15. The molecule has 0 aliphatic rings. The van der Waals surface area contributed by atoms with Gasteiger partial charge in [0.25, 0.3) is 0 Å². The molecule has 4 aromatic rings. The first kappa shape index (κ1) is 23.2. The molecular weight excluding hydrogens is 454 g/mol. The highest BCUT2D eigenvalue weighted by molar-refractivity contribution is 7.99. The molecule has 2 heterocycles. The Bertz CT molecular complexity index is 1320. The van der Waals surface area contributed by atoms with Gasteiger partial charge < -0.3 is 20.6 Å². The van der Waals surface area contributed by atoms with E-state index in [1.807, 2.05) is 54.9 Å². The Hall–Kier alpha value is -3.99. The van der Waals surface area contributed by atoms with E-state index in [4.69, 9.17) is 15.3 Å². The van der Waals surface area contributed by atoms with Gasteiger partial charge in [-0.1, -0.05) is 30.0 Å². The Morgan fingerprint density at radius 3 is 2.50 bits per heavy atom. The number of nitrogen functional groups attached to an aromatic ring is 1. The van der Waals surface area contributed by atoms with E-state index in [9.17, 15) is 4.79 Å². The number of thioether (sulfide) groups is 1. The molecule has 4 rings (SSSR count). The normalized spacial score (nSPS) is 10.8. The maximum absolute atomic E-state index is 12.7. The summed E-state index contributed by atoms with van der Waals surface area (Å²) < 4.78 is 13.8. The molecule has 0 fully saturated rings. The van der Waals surface area contributed by atoms with Gasteiger partial charge in [0, 0.05) is 5.56 Å². The summed E-state index contributed by atoms with van der Waals surface area (Å²) in [7, 11) is 3.13. The number of ether oxygens (including phenoxy) is 2. The lowest BCUT2D eigenvalue weighted by Crippen LogP contribution is -2.17. The second-order valence-corrected chi connectivity index (χ2v) is 8.32.